The quantitative estimate of drug-likeness (QED) is 0.708. The van der Waals surface area contributed by atoms with E-state index in [1.165, 1.54) is 12.8 Å². The molecule has 1 rings (SSSR count). The standard InChI is InChI=1S/C13H27NO2/c1-13(2,3)14-7-4-8-16-11-12-5-9-15-10-6-12/h12,14H,4-11H2,1-3H3. The molecule has 1 heterocycles. The Kier molecular flexibility index (Phi) is 6.32. The molecule has 0 radical (unpaired) electrons. The molecule has 0 unspecified atom stereocenters. The van der Waals surface area contributed by atoms with Gasteiger partial charge in [-0.1, -0.05) is 0 Å². The molecule has 0 aromatic carbocycles. The van der Waals surface area contributed by atoms with Crippen molar-refractivity contribution in [2.75, 3.05) is 33.0 Å². The van der Waals surface area contributed by atoms with E-state index in [1.807, 2.05) is 0 Å². The van der Waals surface area contributed by atoms with Crippen molar-refractivity contribution in [3.8, 4) is 0 Å². The fourth-order valence-corrected chi connectivity index (χ4v) is 1.80. The van der Waals surface area contributed by atoms with Crippen LogP contribution in [0.2, 0.25) is 0 Å². The van der Waals surface area contributed by atoms with Crippen molar-refractivity contribution in [1.82, 2.24) is 5.32 Å². The first kappa shape index (κ1) is 13.9. The smallest absolute Gasteiger partial charge is 0.0495 e. The Labute approximate surface area is 99.9 Å². The average Bonchev–Trinajstić information content (AvgIpc) is 2.23. The minimum atomic E-state index is 0.223. The normalized spacial score (nSPS) is 18.9. The van der Waals surface area contributed by atoms with Crippen LogP contribution >= 0.6 is 0 Å². The van der Waals surface area contributed by atoms with Gasteiger partial charge in [0.05, 0.1) is 0 Å². The van der Waals surface area contributed by atoms with Gasteiger partial charge in [-0.25, -0.2) is 0 Å². The maximum Gasteiger partial charge on any atom is 0.0495 e. The van der Waals surface area contributed by atoms with E-state index >= 15 is 0 Å². The molecular weight excluding hydrogens is 202 g/mol. The number of rotatable bonds is 6. The molecule has 1 N–H and O–H groups in total. The molecule has 0 aromatic heterocycles. The number of hydrogen-bond acceptors (Lipinski definition) is 3. The number of ether oxygens (including phenoxy) is 2. The fourth-order valence-electron chi connectivity index (χ4n) is 1.80. The molecule has 0 bridgehead atoms. The third-order valence-corrected chi connectivity index (χ3v) is 2.82. The molecule has 0 atom stereocenters. The monoisotopic (exact) mass is 229 g/mol. The van der Waals surface area contributed by atoms with Gasteiger partial charge in [0.1, 0.15) is 0 Å². The largest absolute Gasteiger partial charge is 0.381 e. The van der Waals surface area contributed by atoms with Crippen molar-refractivity contribution in [3.05, 3.63) is 0 Å². The van der Waals surface area contributed by atoms with Gasteiger partial charge in [0.15, 0.2) is 0 Å². The van der Waals surface area contributed by atoms with E-state index < -0.39 is 0 Å². The van der Waals surface area contributed by atoms with E-state index in [2.05, 4.69) is 26.1 Å². The topological polar surface area (TPSA) is 30.5 Å². The Balaban J connectivity index is 1.87. The average molecular weight is 229 g/mol. The molecule has 1 aliphatic rings. The van der Waals surface area contributed by atoms with Gasteiger partial charge in [0, 0.05) is 32.0 Å². The molecular formula is C13H27NO2. The van der Waals surface area contributed by atoms with E-state index in [0.29, 0.717) is 0 Å². The molecule has 1 fully saturated rings. The Bertz CT molecular complexity index is 171. The van der Waals surface area contributed by atoms with Gasteiger partial charge in [-0.2, -0.15) is 0 Å². The number of hydrogen-bond donors (Lipinski definition) is 1. The van der Waals surface area contributed by atoms with Gasteiger partial charge in [0.2, 0.25) is 0 Å². The maximum atomic E-state index is 5.69. The lowest BCUT2D eigenvalue weighted by molar-refractivity contribution is 0.0200. The van der Waals surface area contributed by atoms with E-state index in [9.17, 15) is 0 Å². The molecule has 0 aromatic rings. The van der Waals surface area contributed by atoms with Crippen molar-refractivity contribution in [1.29, 1.82) is 0 Å². The lowest BCUT2D eigenvalue weighted by Gasteiger charge is -2.22. The van der Waals surface area contributed by atoms with E-state index in [4.69, 9.17) is 9.47 Å². The van der Waals surface area contributed by atoms with Gasteiger partial charge >= 0.3 is 0 Å². The Morgan fingerprint density at radius 2 is 1.94 bits per heavy atom. The molecule has 1 aliphatic heterocycles. The highest BCUT2D eigenvalue weighted by atomic mass is 16.5. The Morgan fingerprint density at radius 3 is 2.56 bits per heavy atom. The van der Waals surface area contributed by atoms with Crippen LogP contribution in [0, 0.1) is 5.92 Å². The molecule has 1 saturated heterocycles. The summed E-state index contributed by atoms with van der Waals surface area (Å²) in [6.07, 6.45) is 3.43. The fraction of sp³-hybridized carbons (Fsp3) is 1.00. The summed E-state index contributed by atoms with van der Waals surface area (Å²) in [7, 11) is 0. The van der Waals surface area contributed by atoms with E-state index in [-0.39, 0.29) is 5.54 Å². The molecule has 0 saturated carbocycles. The molecule has 3 nitrogen and oxygen atoms in total. The van der Waals surface area contributed by atoms with Gasteiger partial charge in [-0.05, 0) is 52.5 Å². The predicted octanol–water partition coefficient (Wildman–Crippen LogP) is 2.21. The van der Waals surface area contributed by atoms with Crippen molar-refractivity contribution < 1.29 is 9.47 Å². The first-order valence-electron chi connectivity index (χ1n) is 6.48. The molecule has 0 aliphatic carbocycles. The van der Waals surface area contributed by atoms with Crippen LogP contribution < -0.4 is 5.32 Å². The molecule has 3 heteroatoms. The highest BCUT2D eigenvalue weighted by molar-refractivity contribution is 4.69. The zero-order chi connectivity index (χ0) is 11.9. The van der Waals surface area contributed by atoms with Crippen LogP contribution in [-0.4, -0.2) is 38.5 Å². The lowest BCUT2D eigenvalue weighted by atomic mass is 10.0. The minimum absolute atomic E-state index is 0.223. The summed E-state index contributed by atoms with van der Waals surface area (Å²) in [5.74, 6) is 0.726. The van der Waals surface area contributed by atoms with Gasteiger partial charge < -0.3 is 14.8 Å². The summed E-state index contributed by atoms with van der Waals surface area (Å²) in [4.78, 5) is 0. The summed E-state index contributed by atoms with van der Waals surface area (Å²) >= 11 is 0. The van der Waals surface area contributed by atoms with Crippen molar-refractivity contribution >= 4 is 0 Å². The van der Waals surface area contributed by atoms with Crippen LogP contribution in [0.4, 0.5) is 0 Å². The zero-order valence-corrected chi connectivity index (χ0v) is 11.1. The van der Waals surface area contributed by atoms with Crippen molar-refractivity contribution in [2.24, 2.45) is 5.92 Å². The predicted molar refractivity (Wildman–Crippen MR) is 66.7 cm³/mol. The summed E-state index contributed by atoms with van der Waals surface area (Å²) in [5, 5.41) is 3.46. The second kappa shape index (κ2) is 7.25. The summed E-state index contributed by atoms with van der Waals surface area (Å²) in [6.45, 7) is 11.2. The van der Waals surface area contributed by atoms with Gasteiger partial charge in [-0.3, -0.25) is 0 Å². The van der Waals surface area contributed by atoms with Crippen LogP contribution in [0.3, 0.4) is 0 Å². The first-order chi connectivity index (χ1) is 7.58. The van der Waals surface area contributed by atoms with Crippen molar-refractivity contribution in [3.63, 3.8) is 0 Å². The second-order valence-electron chi connectivity index (χ2n) is 5.66. The van der Waals surface area contributed by atoms with Gasteiger partial charge in [-0.15, -0.1) is 0 Å². The van der Waals surface area contributed by atoms with Crippen LogP contribution in [0.5, 0.6) is 0 Å². The molecule has 0 amide bonds. The van der Waals surface area contributed by atoms with Gasteiger partial charge in [0.25, 0.3) is 0 Å². The highest BCUT2D eigenvalue weighted by Crippen LogP contribution is 2.14. The van der Waals surface area contributed by atoms with Crippen LogP contribution in [-0.2, 0) is 9.47 Å². The van der Waals surface area contributed by atoms with Crippen LogP contribution in [0.15, 0.2) is 0 Å². The Morgan fingerprint density at radius 1 is 1.25 bits per heavy atom. The summed E-state index contributed by atoms with van der Waals surface area (Å²) < 4.78 is 11.0. The lowest BCUT2D eigenvalue weighted by Crippen LogP contribution is -2.36. The summed E-state index contributed by atoms with van der Waals surface area (Å²) in [5.41, 5.74) is 0.223. The first-order valence-corrected chi connectivity index (χ1v) is 6.48. The molecule has 16 heavy (non-hydrogen) atoms. The minimum Gasteiger partial charge on any atom is -0.381 e. The third kappa shape index (κ3) is 7.20. The molecule has 96 valence electrons. The van der Waals surface area contributed by atoms with Crippen LogP contribution in [0.25, 0.3) is 0 Å². The van der Waals surface area contributed by atoms with Crippen LogP contribution in [0.1, 0.15) is 40.0 Å². The maximum absolute atomic E-state index is 5.69. The summed E-state index contributed by atoms with van der Waals surface area (Å²) in [6, 6.07) is 0. The van der Waals surface area contributed by atoms with Crippen molar-refractivity contribution in [2.45, 2.75) is 45.6 Å². The SMILES string of the molecule is CC(C)(C)NCCCOCC1CCOCC1. The Hall–Kier alpha value is -0.120. The highest BCUT2D eigenvalue weighted by Gasteiger charge is 2.13. The second-order valence-corrected chi connectivity index (χ2v) is 5.66. The van der Waals surface area contributed by atoms with E-state index in [1.54, 1.807) is 0 Å². The molecule has 0 spiro atoms. The number of nitrogens with one attached hydrogen (secondary N) is 1. The van der Waals surface area contributed by atoms with E-state index in [0.717, 1.165) is 45.3 Å². The zero-order valence-electron chi connectivity index (χ0n) is 11.1. The third-order valence-electron chi connectivity index (χ3n) is 2.82.